The molecule has 1 atom stereocenters. The highest BCUT2D eigenvalue weighted by Gasteiger charge is 1.99. The second kappa shape index (κ2) is 5.35. The fourth-order valence-corrected chi connectivity index (χ4v) is 1.40. The molecule has 1 rings (SSSR count). The lowest BCUT2D eigenvalue weighted by molar-refractivity contribution is 0.882. The van der Waals surface area contributed by atoms with Gasteiger partial charge in [0.05, 0.1) is 0 Å². The molecule has 11 heavy (non-hydrogen) atoms. The van der Waals surface area contributed by atoms with Crippen molar-refractivity contribution in [3.05, 3.63) is 35.9 Å². The summed E-state index contributed by atoms with van der Waals surface area (Å²) in [6.45, 7) is 2.25. The van der Waals surface area contributed by atoms with Gasteiger partial charge < -0.3 is 0 Å². The van der Waals surface area contributed by atoms with Gasteiger partial charge in [0.1, 0.15) is 0 Å². The van der Waals surface area contributed by atoms with Crippen molar-refractivity contribution in [1.29, 1.82) is 0 Å². The summed E-state index contributed by atoms with van der Waals surface area (Å²) >= 11 is 1.28. The Balaban J connectivity index is 0.000001000. The van der Waals surface area contributed by atoms with Crippen LogP contribution < -0.4 is 0 Å². The molecule has 0 aliphatic rings. The summed E-state index contributed by atoms with van der Waals surface area (Å²) < 4.78 is 0.848. The van der Waals surface area contributed by atoms with Gasteiger partial charge in [0, 0.05) is 0 Å². The molecule has 0 aliphatic carbocycles. The first kappa shape index (κ1) is 10.7. The van der Waals surface area contributed by atoms with Gasteiger partial charge in [-0.25, -0.2) is 0 Å². The topological polar surface area (TPSA) is 0 Å². The van der Waals surface area contributed by atoms with E-state index in [1.807, 2.05) is 0 Å². The Kier molecular flexibility index (Phi) is 5.19. The van der Waals surface area contributed by atoms with Gasteiger partial charge >= 0.3 is 0 Å². The van der Waals surface area contributed by atoms with Crippen molar-refractivity contribution in [2.24, 2.45) is 0 Å². The van der Waals surface area contributed by atoms with Crippen LogP contribution in [-0.2, 0) is 0 Å². The summed E-state index contributed by atoms with van der Waals surface area (Å²) in [5, 5.41) is 0. The van der Waals surface area contributed by atoms with E-state index >= 15 is 0 Å². The Hall–Kier alpha value is -0.318. The van der Waals surface area contributed by atoms with Crippen molar-refractivity contribution >= 4 is 16.3 Å². The van der Waals surface area contributed by atoms with E-state index in [1.165, 1.54) is 28.3 Å². The number of rotatable bonds is 2. The first-order valence-corrected chi connectivity index (χ1v) is 5.05. The van der Waals surface area contributed by atoms with Crippen molar-refractivity contribution in [3.63, 3.8) is 0 Å². The summed E-state index contributed by atoms with van der Waals surface area (Å²) in [6, 6.07) is 10.8. The summed E-state index contributed by atoms with van der Waals surface area (Å²) in [4.78, 5) is 0. The van der Waals surface area contributed by atoms with Crippen molar-refractivity contribution < 1.29 is 4.70 Å². The minimum absolute atomic E-state index is 0. The molecule has 0 amide bonds. The Morgan fingerprint density at radius 3 is 2.27 bits per heavy atom. The van der Waals surface area contributed by atoms with Gasteiger partial charge in [0.25, 0.3) is 0 Å². The largest absolute Gasteiger partial charge is 0.269 e. The zero-order chi connectivity index (χ0) is 7.40. The van der Waals surface area contributed by atoms with Gasteiger partial charge in [0.2, 0.25) is 16.3 Å². The van der Waals surface area contributed by atoms with Gasteiger partial charge in [-0.1, -0.05) is 54.0 Å². The lowest BCUT2D eigenvalue weighted by Gasteiger charge is -2.06. The minimum atomic E-state index is 0. The number of hydrogen-bond acceptors (Lipinski definition) is 0. The van der Waals surface area contributed by atoms with Crippen LogP contribution in [0.2, 0.25) is 0 Å². The van der Waals surface area contributed by atoms with E-state index in [9.17, 15) is 0 Å². The zero-order valence-corrected chi connectivity index (χ0v) is 9.08. The summed E-state index contributed by atoms with van der Waals surface area (Å²) in [6.07, 6.45) is 1.29. The molecule has 0 heterocycles. The molecule has 0 radical (unpaired) electrons. The third kappa shape index (κ3) is 3.05. The van der Waals surface area contributed by atoms with Crippen LogP contribution in [0.5, 0.6) is 0 Å². The molecule has 0 spiro atoms. The molecule has 0 bridgehead atoms. The van der Waals surface area contributed by atoms with E-state index < -0.39 is 0 Å². The highest BCUT2D eigenvalue weighted by atomic mass is 27.0. The molecule has 60 valence electrons. The monoisotopic (exact) mass is 168 g/mol. The van der Waals surface area contributed by atoms with Crippen molar-refractivity contribution in [2.45, 2.75) is 18.1 Å². The third-order valence-corrected chi connectivity index (χ3v) is 3.46. The maximum Gasteiger partial charge on any atom is 0.223 e. The van der Waals surface area contributed by atoms with E-state index in [0.29, 0.717) is 0 Å². The van der Waals surface area contributed by atoms with E-state index in [1.54, 1.807) is 0 Å². The van der Waals surface area contributed by atoms with Crippen LogP contribution in [0.1, 0.15) is 23.7 Å². The molecule has 1 aromatic rings. The van der Waals surface area contributed by atoms with Crippen LogP contribution in [0.4, 0.5) is 4.70 Å². The predicted octanol–water partition coefficient (Wildman–Crippen LogP) is 1.92. The smallest absolute Gasteiger partial charge is 0.223 e. The van der Waals surface area contributed by atoms with Crippen LogP contribution in [0.15, 0.2) is 30.3 Å². The molecule has 0 N–H and O–H groups in total. The van der Waals surface area contributed by atoms with Gasteiger partial charge in [-0.3, -0.25) is 4.70 Å². The normalized spacial score (nSPS) is 11.7. The summed E-state index contributed by atoms with van der Waals surface area (Å²) in [7, 11) is 0. The Morgan fingerprint density at radius 1 is 1.27 bits per heavy atom. The average Bonchev–Trinajstić information content (AvgIpc) is 2.05. The van der Waals surface area contributed by atoms with Crippen molar-refractivity contribution in [2.75, 3.05) is 0 Å². The second-order valence-corrected chi connectivity index (χ2v) is 4.11. The molecular formula is C9H14AlF. The number of benzene rings is 1. The first-order valence-electron chi connectivity index (χ1n) is 3.89. The standard InChI is InChI=1S/C9H11.Al.FH.2H/c1-2-6-9-7-4-3-5-8-9;;;;/h3-8H,2H2,1H3;;1H;;. The molecule has 0 fully saturated rings. The van der Waals surface area contributed by atoms with Crippen LogP contribution in [-0.4, -0.2) is 16.3 Å². The van der Waals surface area contributed by atoms with Gasteiger partial charge in [0.15, 0.2) is 0 Å². The summed E-state index contributed by atoms with van der Waals surface area (Å²) in [5.74, 6) is 0. The molecular weight excluding hydrogens is 154 g/mol. The number of halogens is 1. The van der Waals surface area contributed by atoms with E-state index in [0.717, 1.165) is 4.78 Å². The van der Waals surface area contributed by atoms with Gasteiger partial charge in [-0.05, 0) is 0 Å². The SMILES string of the molecule is CC[CH]([AlH2])c1ccccc1.F. The molecule has 0 saturated carbocycles. The molecule has 0 nitrogen and oxygen atoms in total. The Labute approximate surface area is 75.4 Å². The minimum Gasteiger partial charge on any atom is -0.269 e. The first-order chi connectivity index (χ1) is 4.84. The highest BCUT2D eigenvalue weighted by molar-refractivity contribution is 6.12. The average molecular weight is 168 g/mol. The van der Waals surface area contributed by atoms with Gasteiger partial charge in [-0.15, -0.1) is 0 Å². The fraction of sp³-hybridized carbons (Fsp3) is 0.333. The van der Waals surface area contributed by atoms with E-state index in [-0.39, 0.29) is 4.70 Å². The molecule has 0 aromatic heterocycles. The lowest BCUT2D eigenvalue weighted by atomic mass is 10.1. The van der Waals surface area contributed by atoms with Crippen molar-refractivity contribution in [3.8, 4) is 0 Å². The van der Waals surface area contributed by atoms with Gasteiger partial charge in [-0.2, -0.15) is 0 Å². The van der Waals surface area contributed by atoms with Crippen LogP contribution in [0, 0.1) is 0 Å². The summed E-state index contributed by atoms with van der Waals surface area (Å²) in [5.41, 5.74) is 1.51. The predicted molar refractivity (Wildman–Crippen MR) is 50.5 cm³/mol. The third-order valence-electron chi connectivity index (χ3n) is 1.98. The zero-order valence-electron chi connectivity index (χ0n) is 7.08. The van der Waals surface area contributed by atoms with Crippen LogP contribution in [0.3, 0.4) is 0 Å². The quantitative estimate of drug-likeness (QED) is 0.592. The Morgan fingerprint density at radius 2 is 1.82 bits per heavy atom. The maximum atomic E-state index is 2.25. The fourth-order valence-electron chi connectivity index (χ4n) is 1.02. The second-order valence-electron chi connectivity index (χ2n) is 2.72. The van der Waals surface area contributed by atoms with Crippen molar-refractivity contribution in [1.82, 2.24) is 0 Å². The Bertz CT molecular complexity index is 186. The molecule has 1 aromatic carbocycles. The maximum absolute atomic E-state index is 2.25. The van der Waals surface area contributed by atoms with E-state index in [2.05, 4.69) is 37.3 Å². The molecule has 0 aliphatic heterocycles. The lowest BCUT2D eigenvalue weighted by Crippen LogP contribution is -1.94. The number of hydrogen-bond donors (Lipinski definition) is 0. The molecule has 0 saturated heterocycles. The van der Waals surface area contributed by atoms with Crippen LogP contribution >= 0.6 is 0 Å². The molecule has 1 unspecified atom stereocenters. The van der Waals surface area contributed by atoms with Crippen LogP contribution in [0.25, 0.3) is 0 Å². The van der Waals surface area contributed by atoms with E-state index in [4.69, 9.17) is 0 Å². The highest BCUT2D eigenvalue weighted by Crippen LogP contribution is 2.13. The molecule has 2 heteroatoms.